The molecule has 3 fully saturated rings. The first-order chi connectivity index (χ1) is 37.3. The number of benzene rings is 3. The number of hydrogen-bond acceptors (Lipinski definition) is 18. The number of Topliss-reactive ketones (excluding diaryl/α,β-unsaturated/α-hetero) is 1. The van der Waals surface area contributed by atoms with Crippen molar-refractivity contribution in [3.05, 3.63) is 130 Å². The molecule has 22 heteroatoms. The fourth-order valence-electron chi connectivity index (χ4n) is 11.5. The van der Waals surface area contributed by atoms with E-state index in [0.717, 1.165) is 13.8 Å². The number of ether oxygens (including phenoxy) is 6. The van der Waals surface area contributed by atoms with Crippen LogP contribution in [0.1, 0.15) is 106 Å². The molecule has 2 saturated carbocycles. The van der Waals surface area contributed by atoms with E-state index in [9.17, 15) is 53.7 Å². The molecule has 4 aliphatic rings. The summed E-state index contributed by atoms with van der Waals surface area (Å²) in [5, 5.41) is 49.7. The van der Waals surface area contributed by atoms with Crippen LogP contribution in [0.25, 0.3) is 0 Å². The minimum absolute atomic E-state index is 0.00161. The molecule has 0 spiro atoms. The molecule has 7 rings (SSSR count). The average Bonchev–Trinajstić information content (AvgIpc) is 2.37. The number of carbonyl (C=O) groups excluding carboxylic acids is 8. The van der Waals surface area contributed by atoms with Crippen LogP contribution >= 0.6 is 0 Å². The normalized spacial score (nSPS) is 27.5. The fourth-order valence-corrected chi connectivity index (χ4v) is 11.5. The Labute approximate surface area is 453 Å². The van der Waals surface area contributed by atoms with Gasteiger partial charge in [0, 0.05) is 56.7 Å². The minimum Gasteiger partial charge on any atom is -0.481 e. The lowest BCUT2D eigenvalue weighted by atomic mass is 9.44. The van der Waals surface area contributed by atoms with Crippen molar-refractivity contribution in [2.24, 2.45) is 16.7 Å². The van der Waals surface area contributed by atoms with Gasteiger partial charge in [0.15, 0.2) is 17.5 Å². The zero-order valence-corrected chi connectivity index (χ0v) is 44.1. The number of aliphatic hydroxyl groups excluding tert-OH is 1. The summed E-state index contributed by atoms with van der Waals surface area (Å²) in [6.07, 6.45) is -12.4. The van der Waals surface area contributed by atoms with Crippen molar-refractivity contribution in [1.82, 2.24) is 10.6 Å². The number of rotatable bonds is 19. The van der Waals surface area contributed by atoms with Gasteiger partial charge in [-0.05, 0) is 61.2 Å². The van der Waals surface area contributed by atoms with Crippen LogP contribution in [0, 0.1) is 16.7 Å². The lowest BCUT2D eigenvalue weighted by Crippen LogP contribution is -2.82. The van der Waals surface area contributed by atoms with Gasteiger partial charge in [0.25, 0.3) is 5.91 Å². The van der Waals surface area contributed by atoms with Gasteiger partial charge in [0.1, 0.15) is 30.0 Å². The molecule has 22 nitrogen and oxygen atoms in total. The molecule has 1 heterocycles. The van der Waals surface area contributed by atoms with E-state index in [1.54, 1.807) is 54.6 Å². The van der Waals surface area contributed by atoms with E-state index < -0.39 is 161 Å². The molecule has 420 valence electrons. The SMILES string of the molecule is CC(=O)O[C@H]1C(=O)[C@@]2(C)[C@H]([C@H](OC(=O)c3ccccc3)[C@]3(O)C[C@H](OC(=O)[C@H](OC(=O)CCCNC(=O)C=C(CC(=O)O)C(=O)O)[C@@H](NC(=O)c4ccccc4)c4ccccc4)C(C)=C1C3(C)C)[C@]1(OC(C)=O)CO[C@@H]1C[C@@H]2O. The van der Waals surface area contributed by atoms with Crippen LogP contribution in [0.3, 0.4) is 0 Å². The zero-order chi connectivity index (χ0) is 57.8. The third kappa shape index (κ3) is 11.7. The highest BCUT2D eigenvalue weighted by molar-refractivity contribution is 6.00. The summed E-state index contributed by atoms with van der Waals surface area (Å²) in [6, 6.07) is 21.8. The lowest BCUT2D eigenvalue weighted by Gasteiger charge is -2.67. The number of carbonyl (C=O) groups is 10. The second kappa shape index (κ2) is 23.5. The van der Waals surface area contributed by atoms with Gasteiger partial charge in [-0.1, -0.05) is 80.6 Å². The van der Waals surface area contributed by atoms with Crippen LogP contribution in [0.2, 0.25) is 0 Å². The van der Waals surface area contributed by atoms with E-state index in [1.165, 1.54) is 64.1 Å². The summed E-state index contributed by atoms with van der Waals surface area (Å²) in [6.45, 7) is 7.29. The van der Waals surface area contributed by atoms with E-state index in [-0.39, 0.29) is 47.2 Å². The number of carboxylic acid groups (broad SMARTS) is 2. The van der Waals surface area contributed by atoms with Crippen LogP contribution in [0.4, 0.5) is 0 Å². The standard InChI is InChI=1S/C57H62N2O20/c1-30-37(76-53(72)46(44(33-17-10-7-11-18-33)59-50(68)34-19-12-8-13-20-34)77-42(66)23-16-24-58-40(63)25-36(51(69)70)26-41(64)65)28-57(73)49(78-52(71)35-21-14-9-15-22-35)47-55(6,38(62)27-39-56(47,29-74-39)79-32(3)61)48(67)45(75-31(2)60)43(30)54(57,4)5/h7-15,17-22,25,37-39,44-47,49,62,73H,16,23-24,26-29H2,1-6H3,(H,58,63)(H,59,68)(H,64,65)(H,69,70)/t37-,38-,39+,44-,45+,46+,47-,49-,55+,56-,57+/m0/s1. The predicted molar refractivity (Wildman–Crippen MR) is 272 cm³/mol. The van der Waals surface area contributed by atoms with E-state index in [2.05, 4.69) is 10.6 Å². The molecule has 3 aromatic rings. The smallest absolute Gasteiger partial charge is 0.350 e. The Kier molecular flexibility index (Phi) is 17.4. The molecule has 0 radical (unpaired) electrons. The molecule has 1 aliphatic heterocycles. The van der Waals surface area contributed by atoms with Crippen molar-refractivity contribution >= 4 is 59.4 Å². The summed E-state index contributed by atoms with van der Waals surface area (Å²) in [5.74, 6) is -12.7. The van der Waals surface area contributed by atoms with E-state index >= 15 is 9.59 Å². The number of ketones is 1. The van der Waals surface area contributed by atoms with Crippen LogP contribution in [0.15, 0.2) is 114 Å². The molecule has 3 aliphatic carbocycles. The van der Waals surface area contributed by atoms with Gasteiger partial charge in [0.2, 0.25) is 12.0 Å². The first kappa shape index (κ1) is 58.6. The summed E-state index contributed by atoms with van der Waals surface area (Å²) >= 11 is 0. The predicted octanol–water partition coefficient (Wildman–Crippen LogP) is 3.67. The second-order valence-corrected chi connectivity index (χ2v) is 20.8. The van der Waals surface area contributed by atoms with Crippen molar-refractivity contribution in [2.45, 2.75) is 128 Å². The van der Waals surface area contributed by atoms with E-state index in [4.69, 9.17) is 33.5 Å². The number of carboxylic acids is 2. The van der Waals surface area contributed by atoms with Crippen LogP contribution < -0.4 is 10.6 Å². The molecule has 1 saturated heterocycles. The maximum Gasteiger partial charge on any atom is 0.350 e. The van der Waals surface area contributed by atoms with Gasteiger partial charge in [-0.15, -0.1) is 0 Å². The zero-order valence-electron chi connectivity index (χ0n) is 44.1. The van der Waals surface area contributed by atoms with E-state index in [0.29, 0.717) is 6.08 Å². The molecular weight excluding hydrogens is 1030 g/mol. The number of nitrogens with one attached hydrogen (secondary N) is 2. The quantitative estimate of drug-likeness (QED) is 0.0328. The van der Waals surface area contributed by atoms with Crippen LogP contribution in [-0.4, -0.2) is 141 Å². The van der Waals surface area contributed by atoms with Gasteiger partial charge in [-0.2, -0.15) is 0 Å². The average molecular weight is 1100 g/mol. The van der Waals surface area contributed by atoms with Crippen molar-refractivity contribution in [2.75, 3.05) is 13.2 Å². The first-order valence-corrected chi connectivity index (χ1v) is 25.4. The Hall–Kier alpha value is -8.08. The molecule has 0 unspecified atom stereocenters. The summed E-state index contributed by atoms with van der Waals surface area (Å²) in [7, 11) is 0. The Morgan fingerprint density at radius 3 is 1.99 bits per heavy atom. The van der Waals surface area contributed by atoms with Gasteiger partial charge in [0.05, 0.1) is 41.6 Å². The molecular formula is C57H62N2O20. The number of amides is 2. The summed E-state index contributed by atoms with van der Waals surface area (Å²) < 4.78 is 36.7. The van der Waals surface area contributed by atoms with Crippen molar-refractivity contribution < 1.29 is 96.8 Å². The highest BCUT2D eigenvalue weighted by atomic mass is 16.6. The molecule has 2 bridgehead atoms. The molecule has 79 heavy (non-hydrogen) atoms. The van der Waals surface area contributed by atoms with Crippen LogP contribution in [-0.2, 0) is 66.8 Å². The molecule has 0 aromatic heterocycles. The highest BCUT2D eigenvalue weighted by Gasteiger charge is 2.78. The summed E-state index contributed by atoms with van der Waals surface area (Å²) in [5.41, 5.74) is -8.77. The van der Waals surface area contributed by atoms with Crippen molar-refractivity contribution in [3.63, 3.8) is 0 Å². The largest absolute Gasteiger partial charge is 0.481 e. The Bertz CT molecular complexity index is 2960. The number of aliphatic hydroxyl groups is 2. The first-order valence-electron chi connectivity index (χ1n) is 25.4. The van der Waals surface area contributed by atoms with Crippen molar-refractivity contribution in [1.29, 1.82) is 0 Å². The van der Waals surface area contributed by atoms with E-state index in [1.807, 2.05) is 0 Å². The summed E-state index contributed by atoms with van der Waals surface area (Å²) in [4.78, 5) is 135. The molecule has 2 amide bonds. The Balaban J connectivity index is 1.34. The third-order valence-corrected chi connectivity index (χ3v) is 15.5. The van der Waals surface area contributed by atoms with Crippen molar-refractivity contribution in [3.8, 4) is 0 Å². The lowest BCUT2D eigenvalue weighted by molar-refractivity contribution is -0.346. The highest BCUT2D eigenvalue weighted by Crippen LogP contribution is 2.64. The maximum absolute atomic E-state index is 15.8. The minimum atomic E-state index is -2.54. The number of aliphatic carboxylic acids is 2. The molecule has 3 aromatic carbocycles. The molecule has 11 atom stereocenters. The van der Waals surface area contributed by atoms with Gasteiger partial charge >= 0.3 is 41.8 Å². The topological polar surface area (TPSA) is 331 Å². The number of fused-ring (bicyclic) bond motifs is 5. The third-order valence-electron chi connectivity index (χ3n) is 15.5. The van der Waals surface area contributed by atoms with Gasteiger partial charge in [-0.3, -0.25) is 33.6 Å². The monoisotopic (exact) mass is 1090 g/mol. The van der Waals surface area contributed by atoms with Crippen LogP contribution in [0.5, 0.6) is 0 Å². The molecule has 6 N–H and O–H groups in total. The maximum atomic E-state index is 15.8. The van der Waals surface area contributed by atoms with Gasteiger partial charge in [-0.25, -0.2) is 14.4 Å². The van der Waals surface area contributed by atoms with Gasteiger partial charge < -0.3 is 59.5 Å². The Morgan fingerprint density at radius 1 is 0.823 bits per heavy atom. The second-order valence-electron chi connectivity index (χ2n) is 20.8. The number of esters is 5. The Morgan fingerprint density at radius 2 is 1.43 bits per heavy atom. The number of hydrogen-bond donors (Lipinski definition) is 6. The fraction of sp³-hybridized carbons (Fsp3) is 0.439.